The predicted molar refractivity (Wildman–Crippen MR) is 82.8 cm³/mol. The van der Waals surface area contributed by atoms with Crippen molar-refractivity contribution in [3.8, 4) is 11.5 Å². The topological polar surface area (TPSA) is 48.3 Å². The van der Waals surface area contributed by atoms with Crippen LogP contribution in [0.15, 0.2) is 42.7 Å². The molecule has 1 aromatic carbocycles. The van der Waals surface area contributed by atoms with Gasteiger partial charge in [0, 0.05) is 25.5 Å². The first-order valence-corrected chi connectivity index (χ1v) is 7.43. The van der Waals surface area contributed by atoms with E-state index in [4.69, 9.17) is 9.47 Å². The van der Waals surface area contributed by atoms with Crippen LogP contribution in [0.3, 0.4) is 0 Å². The zero-order valence-corrected chi connectivity index (χ0v) is 12.5. The molecule has 0 aliphatic heterocycles. The second kappa shape index (κ2) is 9.02. The summed E-state index contributed by atoms with van der Waals surface area (Å²) >= 11 is 0. The lowest BCUT2D eigenvalue weighted by molar-refractivity contribution is 0.275. The molecular formula is C16H23N3O2. The average Bonchev–Trinajstić information content (AvgIpc) is 3.01. The average molecular weight is 289 g/mol. The van der Waals surface area contributed by atoms with Gasteiger partial charge in [-0.2, -0.15) is 5.10 Å². The number of hydrogen-bond donors (Lipinski definition) is 1. The highest BCUT2D eigenvalue weighted by atomic mass is 16.5. The first-order chi connectivity index (χ1) is 10.4. The highest BCUT2D eigenvalue weighted by Crippen LogP contribution is 2.25. The molecule has 2 rings (SSSR count). The zero-order chi connectivity index (χ0) is 14.8. The third kappa shape index (κ3) is 5.47. The van der Waals surface area contributed by atoms with Crippen molar-refractivity contribution in [2.24, 2.45) is 0 Å². The van der Waals surface area contributed by atoms with Crippen molar-refractivity contribution in [1.29, 1.82) is 0 Å². The first kappa shape index (κ1) is 15.4. The molecule has 0 aliphatic carbocycles. The van der Waals surface area contributed by atoms with E-state index in [1.54, 1.807) is 6.20 Å². The maximum atomic E-state index is 5.74. The molecule has 114 valence electrons. The Morgan fingerprint density at radius 3 is 2.62 bits per heavy atom. The highest BCUT2D eigenvalue weighted by molar-refractivity contribution is 5.39. The highest BCUT2D eigenvalue weighted by Gasteiger charge is 2.02. The van der Waals surface area contributed by atoms with E-state index in [9.17, 15) is 0 Å². The number of benzene rings is 1. The van der Waals surface area contributed by atoms with E-state index < -0.39 is 0 Å². The van der Waals surface area contributed by atoms with Crippen LogP contribution in [0, 0.1) is 0 Å². The van der Waals surface area contributed by atoms with Crippen molar-refractivity contribution in [2.45, 2.75) is 19.9 Å². The van der Waals surface area contributed by atoms with Crippen LogP contribution < -0.4 is 14.8 Å². The Morgan fingerprint density at radius 2 is 1.90 bits per heavy atom. The van der Waals surface area contributed by atoms with Crippen molar-refractivity contribution in [1.82, 2.24) is 15.1 Å². The van der Waals surface area contributed by atoms with Gasteiger partial charge in [-0.25, -0.2) is 0 Å². The van der Waals surface area contributed by atoms with E-state index in [1.807, 2.05) is 48.1 Å². The van der Waals surface area contributed by atoms with Crippen LogP contribution in [-0.2, 0) is 6.54 Å². The summed E-state index contributed by atoms with van der Waals surface area (Å²) in [6.45, 7) is 5.96. The van der Waals surface area contributed by atoms with Crippen LogP contribution in [0.4, 0.5) is 0 Å². The molecule has 1 heterocycles. The molecule has 1 aromatic heterocycles. The fourth-order valence-electron chi connectivity index (χ4n) is 2.00. The second-order valence-electron chi connectivity index (χ2n) is 4.60. The summed E-state index contributed by atoms with van der Waals surface area (Å²) in [6, 6.07) is 9.71. The van der Waals surface area contributed by atoms with E-state index in [1.165, 1.54) is 0 Å². The number of rotatable bonds is 10. The molecule has 0 bridgehead atoms. The molecule has 0 saturated carbocycles. The number of aryl methyl sites for hydroxylation is 1. The molecular weight excluding hydrogens is 266 g/mol. The van der Waals surface area contributed by atoms with Gasteiger partial charge in [0.15, 0.2) is 11.5 Å². The summed E-state index contributed by atoms with van der Waals surface area (Å²) in [7, 11) is 0. The molecule has 0 spiro atoms. The molecule has 21 heavy (non-hydrogen) atoms. The molecule has 0 amide bonds. The lowest BCUT2D eigenvalue weighted by Crippen LogP contribution is -2.23. The molecule has 0 saturated heterocycles. The first-order valence-electron chi connectivity index (χ1n) is 7.43. The van der Waals surface area contributed by atoms with Gasteiger partial charge in [0.05, 0.1) is 6.61 Å². The minimum Gasteiger partial charge on any atom is -0.490 e. The molecule has 2 aromatic rings. The Morgan fingerprint density at radius 1 is 1.10 bits per heavy atom. The van der Waals surface area contributed by atoms with E-state index in [-0.39, 0.29) is 0 Å². The molecule has 5 nitrogen and oxygen atoms in total. The zero-order valence-electron chi connectivity index (χ0n) is 12.5. The van der Waals surface area contributed by atoms with Crippen molar-refractivity contribution in [3.63, 3.8) is 0 Å². The van der Waals surface area contributed by atoms with E-state index in [0.717, 1.165) is 37.6 Å². The maximum absolute atomic E-state index is 5.74. The van der Waals surface area contributed by atoms with Crippen LogP contribution in [0.25, 0.3) is 0 Å². The van der Waals surface area contributed by atoms with Crippen LogP contribution >= 0.6 is 0 Å². The largest absolute Gasteiger partial charge is 0.490 e. The van der Waals surface area contributed by atoms with Crippen LogP contribution in [0.1, 0.15) is 13.3 Å². The lowest BCUT2D eigenvalue weighted by Gasteiger charge is -2.12. The fourth-order valence-corrected chi connectivity index (χ4v) is 2.00. The van der Waals surface area contributed by atoms with Crippen LogP contribution in [0.5, 0.6) is 11.5 Å². The Balaban J connectivity index is 1.57. The number of nitrogens with zero attached hydrogens (tertiary/aromatic N) is 2. The van der Waals surface area contributed by atoms with Gasteiger partial charge in [-0.15, -0.1) is 0 Å². The quantitative estimate of drug-likeness (QED) is 0.682. The summed E-state index contributed by atoms with van der Waals surface area (Å²) in [5.41, 5.74) is 0. The third-order valence-corrected chi connectivity index (χ3v) is 2.99. The molecule has 0 fully saturated rings. The van der Waals surface area contributed by atoms with E-state index >= 15 is 0 Å². The van der Waals surface area contributed by atoms with Gasteiger partial charge >= 0.3 is 0 Å². The Labute approximate surface area is 125 Å². The minimum absolute atomic E-state index is 0.631. The molecule has 1 N–H and O–H groups in total. The maximum Gasteiger partial charge on any atom is 0.161 e. The van der Waals surface area contributed by atoms with Crippen molar-refractivity contribution >= 4 is 0 Å². The molecule has 0 unspecified atom stereocenters. The van der Waals surface area contributed by atoms with Gasteiger partial charge in [0.1, 0.15) is 6.61 Å². The van der Waals surface area contributed by atoms with Crippen LogP contribution in [-0.4, -0.2) is 36.1 Å². The Hall–Kier alpha value is -2.01. The number of nitrogens with one attached hydrogen (secondary N) is 1. The Bertz CT molecular complexity index is 500. The lowest BCUT2D eigenvalue weighted by atomic mass is 10.3. The summed E-state index contributed by atoms with van der Waals surface area (Å²) < 4.78 is 13.2. The van der Waals surface area contributed by atoms with E-state index in [2.05, 4.69) is 10.4 Å². The Kier molecular flexibility index (Phi) is 6.61. The third-order valence-electron chi connectivity index (χ3n) is 2.99. The van der Waals surface area contributed by atoms with Gasteiger partial charge < -0.3 is 14.8 Å². The number of aromatic nitrogens is 2. The molecule has 0 radical (unpaired) electrons. The van der Waals surface area contributed by atoms with Gasteiger partial charge in [0.25, 0.3) is 0 Å². The SMILES string of the molecule is CCOc1ccccc1OCCNCCCn1cccn1. The second-order valence-corrected chi connectivity index (χ2v) is 4.60. The monoisotopic (exact) mass is 289 g/mol. The van der Waals surface area contributed by atoms with Crippen LogP contribution in [0.2, 0.25) is 0 Å². The predicted octanol–water partition coefficient (Wildman–Crippen LogP) is 2.34. The number of para-hydroxylation sites is 2. The van der Waals surface area contributed by atoms with Crippen molar-refractivity contribution < 1.29 is 9.47 Å². The van der Waals surface area contributed by atoms with E-state index in [0.29, 0.717) is 13.2 Å². The summed E-state index contributed by atoms with van der Waals surface area (Å²) in [5, 5.41) is 7.53. The summed E-state index contributed by atoms with van der Waals surface area (Å²) in [5.74, 6) is 1.61. The fraction of sp³-hybridized carbons (Fsp3) is 0.438. The summed E-state index contributed by atoms with van der Waals surface area (Å²) in [4.78, 5) is 0. The van der Waals surface area contributed by atoms with Crippen molar-refractivity contribution in [3.05, 3.63) is 42.7 Å². The number of ether oxygens (including phenoxy) is 2. The molecule has 0 atom stereocenters. The molecule has 5 heteroatoms. The smallest absolute Gasteiger partial charge is 0.161 e. The van der Waals surface area contributed by atoms with Gasteiger partial charge in [0.2, 0.25) is 0 Å². The van der Waals surface area contributed by atoms with Crippen molar-refractivity contribution in [2.75, 3.05) is 26.3 Å². The minimum atomic E-state index is 0.631. The van der Waals surface area contributed by atoms with Gasteiger partial charge in [-0.05, 0) is 38.1 Å². The van der Waals surface area contributed by atoms with Gasteiger partial charge in [-0.3, -0.25) is 4.68 Å². The standard InChI is InChI=1S/C16H23N3O2/c1-2-20-15-7-3-4-8-16(15)21-14-11-17-9-5-12-19-13-6-10-18-19/h3-4,6-8,10,13,17H,2,5,9,11-12,14H2,1H3. The molecule has 0 aliphatic rings. The summed E-state index contributed by atoms with van der Waals surface area (Å²) in [6.07, 6.45) is 4.84. The normalized spacial score (nSPS) is 10.5. The number of hydrogen-bond acceptors (Lipinski definition) is 4. The van der Waals surface area contributed by atoms with Gasteiger partial charge in [-0.1, -0.05) is 12.1 Å².